The van der Waals surface area contributed by atoms with Crippen molar-refractivity contribution in [2.75, 3.05) is 6.61 Å². The molecule has 1 saturated carbocycles. The lowest BCUT2D eigenvalue weighted by Crippen LogP contribution is -2.53. The van der Waals surface area contributed by atoms with Crippen LogP contribution < -0.4 is 10.1 Å². The van der Waals surface area contributed by atoms with Gasteiger partial charge < -0.3 is 15.2 Å². The molecule has 0 bridgehead atoms. The van der Waals surface area contributed by atoms with Gasteiger partial charge in [-0.2, -0.15) is 0 Å². The van der Waals surface area contributed by atoms with Crippen LogP contribution in [0.3, 0.4) is 0 Å². The standard InChI is InChI=1S/C16H21BrN2O4/c1-3-16(4-2,15(21)22)19-13(20)12-8-7-11(17)14(18-12)23-9-10-5-6-10/h7-8,10H,3-6,9H2,1-2H3,(H,19,20)(H,21,22). The molecular formula is C16H21BrN2O4. The number of nitrogens with one attached hydrogen (secondary N) is 1. The number of ether oxygens (including phenoxy) is 1. The number of aliphatic carboxylic acids is 1. The summed E-state index contributed by atoms with van der Waals surface area (Å²) in [4.78, 5) is 28.1. The second-order valence-electron chi connectivity index (χ2n) is 5.79. The first-order chi connectivity index (χ1) is 10.9. The molecule has 1 heterocycles. The van der Waals surface area contributed by atoms with Gasteiger partial charge in [0.2, 0.25) is 5.88 Å². The quantitative estimate of drug-likeness (QED) is 0.718. The predicted molar refractivity (Wildman–Crippen MR) is 88.6 cm³/mol. The second kappa shape index (κ2) is 7.29. The predicted octanol–water partition coefficient (Wildman–Crippen LogP) is 3.01. The zero-order valence-corrected chi connectivity index (χ0v) is 14.9. The van der Waals surface area contributed by atoms with Crippen molar-refractivity contribution in [3.8, 4) is 5.88 Å². The van der Waals surface area contributed by atoms with Gasteiger partial charge in [0.05, 0.1) is 11.1 Å². The zero-order valence-electron chi connectivity index (χ0n) is 13.3. The molecule has 126 valence electrons. The highest BCUT2D eigenvalue weighted by molar-refractivity contribution is 9.10. The third-order valence-corrected chi connectivity index (χ3v) is 4.77. The maximum Gasteiger partial charge on any atom is 0.329 e. The van der Waals surface area contributed by atoms with Crippen LogP contribution in [-0.4, -0.2) is 34.1 Å². The molecule has 1 aromatic rings. The van der Waals surface area contributed by atoms with E-state index >= 15 is 0 Å². The first-order valence-corrected chi connectivity index (χ1v) is 8.56. The second-order valence-corrected chi connectivity index (χ2v) is 6.64. The van der Waals surface area contributed by atoms with Crippen molar-refractivity contribution >= 4 is 27.8 Å². The van der Waals surface area contributed by atoms with Crippen molar-refractivity contribution in [3.05, 3.63) is 22.3 Å². The van der Waals surface area contributed by atoms with Gasteiger partial charge in [-0.3, -0.25) is 4.79 Å². The Morgan fingerprint density at radius 1 is 1.39 bits per heavy atom. The number of pyridine rings is 1. The maximum atomic E-state index is 12.4. The lowest BCUT2D eigenvalue weighted by molar-refractivity contribution is -0.144. The number of carbonyl (C=O) groups is 2. The number of carboxylic acids is 1. The lowest BCUT2D eigenvalue weighted by Gasteiger charge is -2.27. The Balaban J connectivity index is 2.14. The van der Waals surface area contributed by atoms with Gasteiger partial charge in [0, 0.05) is 0 Å². The fraction of sp³-hybridized carbons (Fsp3) is 0.562. The number of hydrogen-bond acceptors (Lipinski definition) is 4. The highest BCUT2D eigenvalue weighted by atomic mass is 79.9. The van der Waals surface area contributed by atoms with E-state index in [9.17, 15) is 14.7 Å². The summed E-state index contributed by atoms with van der Waals surface area (Å²) in [7, 11) is 0. The van der Waals surface area contributed by atoms with Crippen molar-refractivity contribution in [1.29, 1.82) is 0 Å². The van der Waals surface area contributed by atoms with E-state index in [1.54, 1.807) is 26.0 Å². The molecule has 0 unspecified atom stereocenters. The molecule has 1 fully saturated rings. The topological polar surface area (TPSA) is 88.5 Å². The number of carbonyl (C=O) groups excluding carboxylic acids is 1. The van der Waals surface area contributed by atoms with Crippen molar-refractivity contribution in [2.24, 2.45) is 5.92 Å². The number of aromatic nitrogens is 1. The minimum Gasteiger partial charge on any atom is -0.480 e. The molecule has 0 spiro atoms. The minimum atomic E-state index is -1.28. The van der Waals surface area contributed by atoms with Crippen LogP contribution in [0.5, 0.6) is 5.88 Å². The number of carboxylic acid groups (broad SMARTS) is 1. The van der Waals surface area contributed by atoms with Crippen LogP contribution >= 0.6 is 15.9 Å². The third kappa shape index (κ3) is 4.22. The van der Waals surface area contributed by atoms with E-state index in [0.29, 0.717) is 35.7 Å². The summed E-state index contributed by atoms with van der Waals surface area (Å²) in [5, 5.41) is 12.0. The summed E-state index contributed by atoms with van der Waals surface area (Å²) in [6.07, 6.45) is 2.91. The number of nitrogens with zero attached hydrogens (tertiary/aromatic N) is 1. The molecule has 2 N–H and O–H groups in total. The SMILES string of the molecule is CCC(CC)(NC(=O)c1ccc(Br)c(OCC2CC2)n1)C(=O)O. The van der Waals surface area contributed by atoms with Crippen LogP contribution in [-0.2, 0) is 4.79 Å². The van der Waals surface area contributed by atoms with Gasteiger partial charge in [-0.25, -0.2) is 9.78 Å². The Kier molecular flexibility index (Phi) is 5.62. The number of amides is 1. The molecule has 0 aromatic carbocycles. The molecule has 1 amide bonds. The van der Waals surface area contributed by atoms with Crippen LogP contribution in [0, 0.1) is 5.92 Å². The van der Waals surface area contributed by atoms with E-state index in [4.69, 9.17) is 4.74 Å². The minimum absolute atomic E-state index is 0.145. The molecule has 2 rings (SSSR count). The van der Waals surface area contributed by atoms with Crippen LogP contribution in [0.25, 0.3) is 0 Å². The molecule has 0 saturated heterocycles. The number of halogens is 1. The van der Waals surface area contributed by atoms with Gasteiger partial charge in [-0.15, -0.1) is 0 Å². The van der Waals surface area contributed by atoms with Crippen molar-refractivity contribution < 1.29 is 19.4 Å². The molecule has 0 aliphatic heterocycles. The summed E-state index contributed by atoms with van der Waals surface area (Å²) >= 11 is 3.35. The third-order valence-electron chi connectivity index (χ3n) is 4.17. The van der Waals surface area contributed by atoms with Crippen molar-refractivity contribution in [1.82, 2.24) is 10.3 Å². The Bertz CT molecular complexity index is 598. The summed E-state index contributed by atoms with van der Waals surface area (Å²) in [5.74, 6) is -0.627. The van der Waals surface area contributed by atoms with Crippen molar-refractivity contribution in [3.63, 3.8) is 0 Å². The van der Waals surface area contributed by atoms with Gasteiger partial charge in [-0.1, -0.05) is 13.8 Å². The van der Waals surface area contributed by atoms with Crippen LogP contribution in [0.1, 0.15) is 50.0 Å². The average Bonchev–Trinajstić information content (AvgIpc) is 3.35. The Morgan fingerprint density at radius 2 is 2.04 bits per heavy atom. The van der Waals surface area contributed by atoms with Gasteiger partial charge in [0.15, 0.2) is 0 Å². The van der Waals surface area contributed by atoms with Gasteiger partial charge >= 0.3 is 5.97 Å². The van der Waals surface area contributed by atoms with E-state index in [1.807, 2.05) is 0 Å². The van der Waals surface area contributed by atoms with Crippen LogP contribution in [0.4, 0.5) is 0 Å². The Morgan fingerprint density at radius 3 is 2.57 bits per heavy atom. The number of hydrogen-bond donors (Lipinski definition) is 2. The summed E-state index contributed by atoms with van der Waals surface area (Å²) in [6.45, 7) is 4.05. The van der Waals surface area contributed by atoms with E-state index in [-0.39, 0.29) is 5.69 Å². The van der Waals surface area contributed by atoms with Crippen molar-refractivity contribution in [2.45, 2.75) is 45.1 Å². The van der Waals surface area contributed by atoms with Gasteiger partial charge in [-0.05, 0) is 59.7 Å². The van der Waals surface area contributed by atoms with E-state index in [2.05, 4.69) is 26.2 Å². The first kappa shape index (κ1) is 17.7. The molecule has 7 heteroatoms. The van der Waals surface area contributed by atoms with Crippen LogP contribution in [0.15, 0.2) is 16.6 Å². The molecular weight excluding hydrogens is 364 g/mol. The summed E-state index contributed by atoms with van der Waals surface area (Å²) in [5.41, 5.74) is -1.13. The Labute approximate surface area is 143 Å². The zero-order chi connectivity index (χ0) is 17.0. The molecule has 1 aliphatic carbocycles. The maximum absolute atomic E-state index is 12.4. The average molecular weight is 385 g/mol. The molecule has 0 radical (unpaired) electrons. The highest BCUT2D eigenvalue weighted by Crippen LogP contribution is 2.31. The summed E-state index contributed by atoms with van der Waals surface area (Å²) < 4.78 is 6.30. The normalized spacial score (nSPS) is 14.4. The fourth-order valence-electron chi connectivity index (χ4n) is 2.20. The molecule has 0 atom stereocenters. The lowest BCUT2D eigenvalue weighted by atomic mass is 9.93. The molecule has 1 aliphatic rings. The fourth-order valence-corrected chi connectivity index (χ4v) is 2.53. The molecule has 23 heavy (non-hydrogen) atoms. The first-order valence-electron chi connectivity index (χ1n) is 7.77. The smallest absolute Gasteiger partial charge is 0.329 e. The van der Waals surface area contributed by atoms with Gasteiger partial charge in [0.25, 0.3) is 5.91 Å². The molecule has 1 aromatic heterocycles. The van der Waals surface area contributed by atoms with E-state index in [0.717, 1.165) is 12.8 Å². The van der Waals surface area contributed by atoms with E-state index < -0.39 is 17.4 Å². The summed E-state index contributed by atoms with van der Waals surface area (Å²) in [6, 6.07) is 3.23. The highest BCUT2D eigenvalue weighted by Gasteiger charge is 2.37. The van der Waals surface area contributed by atoms with Crippen LogP contribution in [0.2, 0.25) is 0 Å². The Hall–Kier alpha value is -1.63. The monoisotopic (exact) mass is 384 g/mol. The molecule has 6 nitrogen and oxygen atoms in total. The number of rotatable bonds is 8. The van der Waals surface area contributed by atoms with Gasteiger partial charge in [0.1, 0.15) is 11.2 Å². The van der Waals surface area contributed by atoms with E-state index in [1.165, 1.54) is 0 Å². The largest absolute Gasteiger partial charge is 0.480 e.